The van der Waals surface area contributed by atoms with Crippen LogP contribution in [0.25, 0.3) is 60.6 Å². The van der Waals surface area contributed by atoms with Gasteiger partial charge >= 0.3 is 0 Å². The Labute approximate surface area is 343 Å². The minimum absolute atomic E-state index is 0.532. The molecule has 0 saturated carbocycles. The summed E-state index contributed by atoms with van der Waals surface area (Å²) in [6.07, 6.45) is 8.18. The molecule has 280 valence electrons. The summed E-state index contributed by atoms with van der Waals surface area (Å²) >= 11 is 0. The number of furan rings is 1. The van der Waals surface area contributed by atoms with Crippen LogP contribution in [0.15, 0.2) is 229 Å². The number of fused-ring (bicyclic) bond motifs is 9. The first-order chi connectivity index (χ1) is 29.1. The van der Waals surface area contributed by atoms with Gasteiger partial charge in [-0.2, -0.15) is 0 Å². The summed E-state index contributed by atoms with van der Waals surface area (Å²) in [5.74, 6) is 0. The van der Waals surface area contributed by atoms with Gasteiger partial charge < -0.3 is 13.9 Å². The topological polar surface area (TPSA) is 21.3 Å². The maximum absolute atomic E-state index is 6.53. The van der Waals surface area contributed by atoms with Crippen molar-refractivity contribution in [1.82, 2.24) is 4.57 Å². The predicted octanol–water partition coefficient (Wildman–Crippen LogP) is 15.2. The molecule has 0 spiro atoms. The van der Waals surface area contributed by atoms with Crippen molar-refractivity contribution >= 4 is 60.8 Å². The normalized spacial score (nSPS) is 15.0. The Morgan fingerprint density at radius 1 is 0.525 bits per heavy atom. The molecule has 10 aromatic rings. The second kappa shape index (κ2) is 13.8. The third-order valence-electron chi connectivity index (χ3n) is 12.2. The maximum atomic E-state index is 6.53. The van der Waals surface area contributed by atoms with Gasteiger partial charge in [-0.1, -0.05) is 152 Å². The Kier molecular flexibility index (Phi) is 8.09. The number of para-hydroxylation sites is 3. The molecule has 2 heterocycles. The highest BCUT2D eigenvalue weighted by Crippen LogP contribution is 2.57. The van der Waals surface area contributed by atoms with Gasteiger partial charge in [-0.05, 0) is 101 Å². The number of anilines is 3. The second-order valence-corrected chi connectivity index (χ2v) is 15.4. The lowest BCUT2D eigenvalue weighted by atomic mass is 9.67. The molecule has 1 unspecified atom stereocenters. The standard InChI is InChI=1S/C56H40N2O/c1-3-4-7-18-38(2)56(39-19-8-5-9-20-39)50-26-15-12-23-44(50)45-32-29-42(36-51(45)56)57(43-30-33-48-47-25-14-17-28-54(47)59-55(48)37-43)41-31-34-53-49(35-41)46-24-13-16-27-52(46)58(53)40-21-10-6-11-22-40/h3-37H,1H2,2H3/b7-4-,38-18+. The zero-order valence-corrected chi connectivity index (χ0v) is 32.7. The van der Waals surface area contributed by atoms with E-state index >= 15 is 0 Å². The van der Waals surface area contributed by atoms with Gasteiger partial charge in [0.1, 0.15) is 11.2 Å². The Balaban J connectivity index is 1.19. The first-order valence-corrected chi connectivity index (χ1v) is 20.2. The molecule has 1 aliphatic rings. The zero-order valence-electron chi connectivity index (χ0n) is 32.7. The fraction of sp³-hybridized carbons (Fsp3) is 0.0357. The summed E-state index contributed by atoms with van der Waals surface area (Å²) in [6, 6.07) is 68.1. The van der Waals surface area contributed by atoms with Crippen LogP contribution >= 0.6 is 0 Å². The lowest BCUT2D eigenvalue weighted by Gasteiger charge is -2.35. The molecule has 0 amide bonds. The molecular weight excluding hydrogens is 717 g/mol. The van der Waals surface area contributed by atoms with Crippen LogP contribution in [0.4, 0.5) is 17.1 Å². The third kappa shape index (κ3) is 5.28. The van der Waals surface area contributed by atoms with E-state index in [1.807, 2.05) is 24.3 Å². The lowest BCUT2D eigenvalue weighted by Crippen LogP contribution is -2.28. The molecule has 0 saturated heterocycles. The van der Waals surface area contributed by atoms with Crippen molar-refractivity contribution in [3.05, 3.63) is 241 Å². The molecule has 2 aromatic heterocycles. The van der Waals surface area contributed by atoms with Crippen LogP contribution in [0, 0.1) is 0 Å². The summed E-state index contributed by atoms with van der Waals surface area (Å²) in [4.78, 5) is 2.40. The predicted molar refractivity (Wildman–Crippen MR) is 248 cm³/mol. The van der Waals surface area contributed by atoms with Crippen LogP contribution in [0.2, 0.25) is 0 Å². The number of benzene rings is 8. The summed E-state index contributed by atoms with van der Waals surface area (Å²) in [6.45, 7) is 6.21. The van der Waals surface area contributed by atoms with Crippen LogP contribution in [-0.4, -0.2) is 4.57 Å². The molecule has 3 heteroatoms. The highest BCUT2D eigenvalue weighted by molar-refractivity contribution is 6.11. The van der Waals surface area contributed by atoms with E-state index in [-0.39, 0.29) is 0 Å². The number of aromatic nitrogens is 1. The van der Waals surface area contributed by atoms with Crippen molar-refractivity contribution in [3.8, 4) is 16.8 Å². The van der Waals surface area contributed by atoms with Gasteiger partial charge in [0.25, 0.3) is 0 Å². The smallest absolute Gasteiger partial charge is 0.137 e. The fourth-order valence-corrected chi connectivity index (χ4v) is 9.72. The van der Waals surface area contributed by atoms with Crippen molar-refractivity contribution in [1.29, 1.82) is 0 Å². The lowest BCUT2D eigenvalue weighted by molar-refractivity contribution is 0.669. The molecule has 0 aliphatic heterocycles. The average Bonchev–Trinajstić information content (AvgIpc) is 3.93. The molecule has 3 nitrogen and oxygen atoms in total. The van der Waals surface area contributed by atoms with E-state index < -0.39 is 5.41 Å². The Hall–Kier alpha value is -7.62. The van der Waals surface area contributed by atoms with E-state index in [1.54, 1.807) is 0 Å². The quantitative estimate of drug-likeness (QED) is 0.144. The Morgan fingerprint density at radius 2 is 1.15 bits per heavy atom. The number of nitrogens with zero attached hydrogens (tertiary/aromatic N) is 2. The minimum Gasteiger partial charge on any atom is -0.456 e. The monoisotopic (exact) mass is 756 g/mol. The van der Waals surface area contributed by atoms with E-state index in [2.05, 4.69) is 211 Å². The van der Waals surface area contributed by atoms with E-state index in [0.29, 0.717) is 0 Å². The highest BCUT2D eigenvalue weighted by atomic mass is 16.3. The first-order valence-electron chi connectivity index (χ1n) is 20.2. The van der Waals surface area contributed by atoms with Crippen molar-refractivity contribution < 1.29 is 4.42 Å². The van der Waals surface area contributed by atoms with Crippen molar-refractivity contribution in [3.63, 3.8) is 0 Å². The van der Waals surface area contributed by atoms with Gasteiger partial charge in [0.2, 0.25) is 0 Å². The van der Waals surface area contributed by atoms with Crippen LogP contribution in [-0.2, 0) is 5.41 Å². The summed E-state index contributed by atoms with van der Waals surface area (Å²) < 4.78 is 8.90. The summed E-state index contributed by atoms with van der Waals surface area (Å²) in [7, 11) is 0. The van der Waals surface area contributed by atoms with Crippen LogP contribution in [0.3, 0.4) is 0 Å². The first kappa shape index (κ1) is 34.6. The molecule has 0 fully saturated rings. The van der Waals surface area contributed by atoms with Gasteiger partial charge in [-0.15, -0.1) is 0 Å². The van der Waals surface area contributed by atoms with Crippen LogP contribution < -0.4 is 4.90 Å². The van der Waals surface area contributed by atoms with Gasteiger partial charge in [-0.3, -0.25) is 0 Å². The second-order valence-electron chi connectivity index (χ2n) is 15.4. The average molecular weight is 757 g/mol. The van der Waals surface area contributed by atoms with Crippen molar-refractivity contribution in [2.45, 2.75) is 12.3 Å². The maximum Gasteiger partial charge on any atom is 0.137 e. The van der Waals surface area contributed by atoms with Gasteiger partial charge in [0, 0.05) is 50.4 Å². The van der Waals surface area contributed by atoms with E-state index in [4.69, 9.17) is 4.42 Å². The van der Waals surface area contributed by atoms with Gasteiger partial charge in [-0.25, -0.2) is 0 Å². The SMILES string of the molecule is C=C/C=C\C=C(/C)C1(c2ccccc2)c2ccccc2-c2ccc(N(c3ccc4c(c3)oc3ccccc34)c3ccc4c(c3)c3ccccc3n4-c3ccccc3)cc21. The molecule has 0 radical (unpaired) electrons. The molecule has 0 bridgehead atoms. The molecule has 0 N–H and O–H groups in total. The largest absolute Gasteiger partial charge is 0.456 e. The summed E-state index contributed by atoms with van der Waals surface area (Å²) in [5, 5.41) is 4.62. The van der Waals surface area contributed by atoms with Gasteiger partial charge in [0.15, 0.2) is 0 Å². The summed E-state index contributed by atoms with van der Waals surface area (Å²) in [5.41, 5.74) is 15.3. The Bertz CT molecular complexity index is 3310. The van der Waals surface area contributed by atoms with E-state index in [1.165, 1.54) is 49.7 Å². The minimum atomic E-state index is -0.532. The molecule has 11 rings (SSSR count). The number of rotatable bonds is 8. The fourth-order valence-electron chi connectivity index (χ4n) is 9.72. The number of hydrogen-bond donors (Lipinski definition) is 0. The number of allylic oxidation sites excluding steroid dienone is 5. The molecule has 59 heavy (non-hydrogen) atoms. The molecular formula is C56H40N2O. The van der Waals surface area contributed by atoms with E-state index in [9.17, 15) is 0 Å². The van der Waals surface area contributed by atoms with Crippen LogP contribution in [0.5, 0.6) is 0 Å². The zero-order chi connectivity index (χ0) is 39.5. The Morgan fingerprint density at radius 3 is 2.00 bits per heavy atom. The van der Waals surface area contributed by atoms with Crippen molar-refractivity contribution in [2.24, 2.45) is 0 Å². The van der Waals surface area contributed by atoms with Crippen LogP contribution in [0.1, 0.15) is 23.6 Å². The van der Waals surface area contributed by atoms with Gasteiger partial charge in [0.05, 0.1) is 16.4 Å². The highest BCUT2D eigenvalue weighted by Gasteiger charge is 2.46. The molecule has 8 aromatic carbocycles. The van der Waals surface area contributed by atoms with E-state index in [0.717, 1.165) is 50.2 Å². The number of hydrogen-bond acceptors (Lipinski definition) is 2. The van der Waals surface area contributed by atoms with Crippen molar-refractivity contribution in [2.75, 3.05) is 4.90 Å². The third-order valence-corrected chi connectivity index (χ3v) is 12.2. The molecule has 1 atom stereocenters. The molecule has 1 aliphatic carbocycles.